The zero-order chi connectivity index (χ0) is 20.6. The number of nitrogens with one attached hydrogen (secondary N) is 2. The largest absolute Gasteiger partial charge is 0.490 e. The molecule has 0 bridgehead atoms. The van der Waals surface area contributed by atoms with Gasteiger partial charge in [0.2, 0.25) is 5.95 Å². The van der Waals surface area contributed by atoms with Crippen LogP contribution in [0.4, 0.5) is 5.95 Å². The Kier molecular flexibility index (Phi) is 6.83. The van der Waals surface area contributed by atoms with E-state index in [2.05, 4.69) is 20.2 Å². The van der Waals surface area contributed by atoms with Crippen LogP contribution in [-0.4, -0.2) is 54.1 Å². The summed E-state index contributed by atoms with van der Waals surface area (Å²) < 4.78 is 11.8. The first-order valence-corrected chi connectivity index (χ1v) is 9.63. The van der Waals surface area contributed by atoms with Crippen molar-refractivity contribution in [2.24, 2.45) is 5.73 Å². The highest BCUT2D eigenvalue weighted by atomic mass is 16.5. The highest BCUT2D eigenvalue weighted by Crippen LogP contribution is 2.29. The fraction of sp³-hybridized carbons (Fsp3) is 0.400. The van der Waals surface area contributed by atoms with E-state index in [0.717, 1.165) is 30.9 Å². The third-order valence-corrected chi connectivity index (χ3v) is 4.44. The molecule has 9 heteroatoms. The number of rotatable bonds is 8. The predicted octanol–water partition coefficient (Wildman–Crippen LogP) is 1.59. The third-order valence-electron chi connectivity index (χ3n) is 4.44. The highest BCUT2D eigenvalue weighted by Gasteiger charge is 2.24. The van der Waals surface area contributed by atoms with Gasteiger partial charge in [-0.2, -0.15) is 0 Å². The number of carbonyl (C=O) groups excluding carboxylic acids is 1. The van der Waals surface area contributed by atoms with E-state index in [1.54, 1.807) is 0 Å². The van der Waals surface area contributed by atoms with Crippen LogP contribution in [0.1, 0.15) is 30.1 Å². The Morgan fingerprint density at radius 1 is 1.31 bits per heavy atom. The van der Waals surface area contributed by atoms with Crippen molar-refractivity contribution < 1.29 is 14.3 Å². The van der Waals surface area contributed by atoms with E-state index in [9.17, 15) is 4.79 Å². The molecule has 2 heterocycles. The van der Waals surface area contributed by atoms with E-state index in [0.29, 0.717) is 24.7 Å². The lowest BCUT2D eigenvalue weighted by atomic mass is 10.1. The van der Waals surface area contributed by atoms with Gasteiger partial charge >= 0.3 is 0 Å². The number of piperidine rings is 1. The molecule has 1 amide bonds. The minimum absolute atomic E-state index is 0.00501. The van der Waals surface area contributed by atoms with Crippen molar-refractivity contribution in [2.45, 2.75) is 25.9 Å². The average Bonchev–Trinajstić information content (AvgIpc) is 2.74. The normalized spacial score (nSPS) is 16.2. The van der Waals surface area contributed by atoms with Crippen LogP contribution in [0.15, 0.2) is 36.7 Å². The standard InChI is InChI=1S/C20H26N6O3/c1-2-28-16-7-3-4-8-17(16)29-15-6-5-9-26(13-15)20-24-10-14(11-25-20)19(27)23-12-18(21)22/h3-4,7-8,10-11,15H,2,5-6,9,12-13H2,1H3,(H3,21,22)(H,23,27). The van der Waals surface area contributed by atoms with E-state index in [-0.39, 0.29) is 24.4 Å². The molecule has 0 saturated carbocycles. The predicted molar refractivity (Wildman–Crippen MR) is 110 cm³/mol. The van der Waals surface area contributed by atoms with Crippen molar-refractivity contribution in [3.8, 4) is 11.5 Å². The summed E-state index contributed by atoms with van der Waals surface area (Å²) in [4.78, 5) is 22.7. The SMILES string of the molecule is CCOc1ccccc1OC1CCCN(c2ncc(C(=O)NCC(=N)N)cn2)C1. The number of aromatic nitrogens is 2. The summed E-state index contributed by atoms with van der Waals surface area (Å²) in [5.41, 5.74) is 5.57. The van der Waals surface area contributed by atoms with Crippen LogP contribution in [0.5, 0.6) is 11.5 Å². The minimum Gasteiger partial charge on any atom is -0.490 e. The second-order valence-electron chi connectivity index (χ2n) is 6.69. The maximum absolute atomic E-state index is 12.0. The van der Waals surface area contributed by atoms with Crippen molar-refractivity contribution in [1.82, 2.24) is 15.3 Å². The molecular weight excluding hydrogens is 372 g/mol. The number of para-hydroxylation sites is 2. The van der Waals surface area contributed by atoms with Crippen molar-refractivity contribution in [3.05, 3.63) is 42.2 Å². The molecule has 0 aliphatic carbocycles. The molecule has 9 nitrogen and oxygen atoms in total. The summed E-state index contributed by atoms with van der Waals surface area (Å²) in [5, 5.41) is 9.69. The molecule has 1 aliphatic heterocycles. The monoisotopic (exact) mass is 398 g/mol. The molecule has 1 saturated heterocycles. The second-order valence-corrected chi connectivity index (χ2v) is 6.69. The molecule has 0 radical (unpaired) electrons. The molecular formula is C20H26N6O3. The van der Waals surface area contributed by atoms with Gasteiger partial charge in [-0.1, -0.05) is 12.1 Å². The molecule has 3 rings (SSSR count). The molecule has 154 valence electrons. The van der Waals surface area contributed by atoms with Crippen molar-refractivity contribution in [3.63, 3.8) is 0 Å². The minimum atomic E-state index is -0.362. The number of hydrogen-bond acceptors (Lipinski definition) is 7. The van der Waals surface area contributed by atoms with Crippen LogP contribution in [0.3, 0.4) is 0 Å². The topological polar surface area (TPSA) is 126 Å². The zero-order valence-electron chi connectivity index (χ0n) is 16.4. The number of amides is 1. The van der Waals surface area contributed by atoms with Crippen LogP contribution in [-0.2, 0) is 0 Å². The summed E-state index contributed by atoms with van der Waals surface area (Å²) in [6, 6.07) is 7.66. The lowest BCUT2D eigenvalue weighted by Crippen LogP contribution is -2.42. The van der Waals surface area contributed by atoms with E-state index in [4.69, 9.17) is 20.6 Å². The first-order valence-electron chi connectivity index (χ1n) is 9.63. The molecule has 29 heavy (non-hydrogen) atoms. The first-order chi connectivity index (χ1) is 14.1. The van der Waals surface area contributed by atoms with E-state index in [1.165, 1.54) is 12.4 Å². The quantitative estimate of drug-likeness (QED) is 0.455. The van der Waals surface area contributed by atoms with Crippen LogP contribution < -0.4 is 25.4 Å². The number of anilines is 1. The Bertz CT molecular complexity index is 842. The van der Waals surface area contributed by atoms with Gasteiger partial charge in [-0.3, -0.25) is 10.2 Å². The number of nitrogens with zero attached hydrogens (tertiary/aromatic N) is 3. The number of ether oxygens (including phenoxy) is 2. The molecule has 2 aromatic rings. The van der Waals surface area contributed by atoms with Gasteiger partial charge in [0.15, 0.2) is 11.5 Å². The van der Waals surface area contributed by atoms with Gasteiger partial charge in [-0.05, 0) is 31.9 Å². The lowest BCUT2D eigenvalue weighted by Gasteiger charge is -2.33. The van der Waals surface area contributed by atoms with Crippen LogP contribution >= 0.6 is 0 Å². The van der Waals surface area contributed by atoms with Crippen LogP contribution in [0, 0.1) is 5.41 Å². The third kappa shape index (κ3) is 5.56. The first kappa shape index (κ1) is 20.4. The fourth-order valence-corrected chi connectivity index (χ4v) is 3.10. The molecule has 0 spiro atoms. The van der Waals surface area contributed by atoms with Gasteiger partial charge in [0.25, 0.3) is 5.91 Å². The van der Waals surface area contributed by atoms with Gasteiger partial charge < -0.3 is 25.4 Å². The summed E-state index contributed by atoms with van der Waals surface area (Å²) in [5.74, 6) is 1.56. The molecule has 4 N–H and O–H groups in total. The Balaban J connectivity index is 1.62. The van der Waals surface area contributed by atoms with Gasteiger partial charge in [0.05, 0.1) is 25.3 Å². The zero-order valence-corrected chi connectivity index (χ0v) is 16.4. The van der Waals surface area contributed by atoms with Crippen molar-refractivity contribution in [1.29, 1.82) is 5.41 Å². The Hall–Kier alpha value is -3.36. The number of hydrogen-bond donors (Lipinski definition) is 3. The van der Waals surface area contributed by atoms with Crippen LogP contribution in [0.2, 0.25) is 0 Å². The van der Waals surface area contributed by atoms with Gasteiger partial charge in [0.1, 0.15) is 11.9 Å². The number of carbonyl (C=O) groups is 1. The van der Waals surface area contributed by atoms with Gasteiger partial charge in [-0.25, -0.2) is 9.97 Å². The summed E-state index contributed by atoms with van der Waals surface area (Å²) in [6.07, 6.45) is 4.83. The smallest absolute Gasteiger partial charge is 0.254 e. The highest BCUT2D eigenvalue weighted by molar-refractivity contribution is 5.96. The van der Waals surface area contributed by atoms with E-state index >= 15 is 0 Å². The van der Waals surface area contributed by atoms with E-state index in [1.807, 2.05) is 31.2 Å². The second kappa shape index (κ2) is 9.72. The molecule has 1 fully saturated rings. The number of nitrogens with two attached hydrogens (primary N) is 1. The number of amidine groups is 1. The van der Waals surface area contributed by atoms with Crippen molar-refractivity contribution in [2.75, 3.05) is 31.1 Å². The van der Waals surface area contributed by atoms with Gasteiger partial charge in [0, 0.05) is 18.9 Å². The van der Waals surface area contributed by atoms with Crippen molar-refractivity contribution >= 4 is 17.7 Å². The molecule has 1 aromatic heterocycles. The summed E-state index contributed by atoms with van der Waals surface area (Å²) in [7, 11) is 0. The van der Waals surface area contributed by atoms with E-state index < -0.39 is 0 Å². The lowest BCUT2D eigenvalue weighted by molar-refractivity contribution is 0.0958. The Labute approximate surface area is 169 Å². The Morgan fingerprint density at radius 2 is 2.03 bits per heavy atom. The molecule has 1 aromatic carbocycles. The molecule has 1 unspecified atom stereocenters. The molecule has 1 aliphatic rings. The maximum Gasteiger partial charge on any atom is 0.254 e. The summed E-state index contributed by atoms with van der Waals surface area (Å²) in [6.45, 7) is 3.99. The summed E-state index contributed by atoms with van der Waals surface area (Å²) >= 11 is 0. The number of benzene rings is 1. The average molecular weight is 398 g/mol. The fourth-order valence-electron chi connectivity index (χ4n) is 3.10. The van der Waals surface area contributed by atoms with Gasteiger partial charge in [-0.15, -0.1) is 0 Å². The molecule has 1 atom stereocenters. The van der Waals surface area contributed by atoms with Crippen LogP contribution in [0.25, 0.3) is 0 Å². The maximum atomic E-state index is 12.0. The Morgan fingerprint density at radius 3 is 2.72 bits per heavy atom.